The molecule has 4 aromatic rings. The summed E-state index contributed by atoms with van der Waals surface area (Å²) in [6, 6.07) is 34.1. The second kappa shape index (κ2) is 18.4. The first-order chi connectivity index (χ1) is 25.4. The molecule has 286 valence electrons. The van der Waals surface area contributed by atoms with Gasteiger partial charge in [0.25, 0.3) is 0 Å². The number of carbonyl (C=O) groups excluding carboxylic acids is 1. The predicted molar refractivity (Wildman–Crippen MR) is 213 cm³/mol. The standard InChI is InChI=1S/C44H54N2O7Si/c1-43(2,3)51-42(49)46-39(27-32-20-24-37(25-21-32)50-30-33-14-10-9-11-15-33)40(52-54(7,8)53-44(4,5)6)28-36(41(47)48)26-31-18-22-34(23-19-31)38-17-13-12-16-35(38)29-45/h9-25,36,39-40H,26-28,30H2,1-8H3,(H,46,49)(H,47,48)/t36-,39+,40+/m1/s1. The average molecular weight is 751 g/mol. The van der Waals surface area contributed by atoms with Crippen LogP contribution in [0, 0.1) is 17.2 Å². The average Bonchev–Trinajstić information content (AvgIpc) is 3.09. The first kappa shape index (κ1) is 41.8. The van der Waals surface area contributed by atoms with Crippen LogP contribution in [-0.2, 0) is 37.8 Å². The zero-order valence-corrected chi connectivity index (χ0v) is 33.7. The van der Waals surface area contributed by atoms with Crippen LogP contribution >= 0.6 is 0 Å². The molecule has 0 aliphatic rings. The van der Waals surface area contributed by atoms with Crippen LogP contribution in [-0.4, -0.2) is 49.1 Å². The number of benzene rings is 4. The van der Waals surface area contributed by atoms with Crippen molar-refractivity contribution < 1.29 is 33.0 Å². The van der Waals surface area contributed by atoms with Crippen LogP contribution in [0.4, 0.5) is 4.79 Å². The summed E-state index contributed by atoms with van der Waals surface area (Å²) in [5, 5.41) is 23.2. The lowest BCUT2D eigenvalue weighted by molar-refractivity contribution is -0.143. The van der Waals surface area contributed by atoms with Crippen molar-refractivity contribution in [3.8, 4) is 22.9 Å². The molecule has 1 amide bonds. The van der Waals surface area contributed by atoms with Crippen molar-refractivity contribution in [2.75, 3.05) is 0 Å². The van der Waals surface area contributed by atoms with Crippen LogP contribution < -0.4 is 10.1 Å². The Hall–Kier alpha value is -4.95. The van der Waals surface area contributed by atoms with Gasteiger partial charge in [0.1, 0.15) is 18.0 Å². The molecule has 0 aliphatic carbocycles. The molecular weight excluding hydrogens is 697 g/mol. The normalized spacial score (nSPS) is 13.6. The largest absolute Gasteiger partial charge is 0.489 e. The summed E-state index contributed by atoms with van der Waals surface area (Å²) < 4.78 is 25.0. The lowest BCUT2D eigenvalue weighted by Gasteiger charge is -2.38. The Morgan fingerprint density at radius 3 is 1.96 bits per heavy atom. The van der Waals surface area contributed by atoms with Crippen LogP contribution in [0.5, 0.6) is 5.75 Å². The molecule has 54 heavy (non-hydrogen) atoms. The highest BCUT2D eigenvalue weighted by Crippen LogP contribution is 2.29. The molecule has 3 atom stereocenters. The van der Waals surface area contributed by atoms with E-state index >= 15 is 0 Å². The van der Waals surface area contributed by atoms with Crippen LogP contribution in [0.25, 0.3) is 11.1 Å². The highest BCUT2D eigenvalue weighted by atomic mass is 28.4. The van der Waals surface area contributed by atoms with Crippen molar-refractivity contribution in [2.24, 2.45) is 5.92 Å². The van der Waals surface area contributed by atoms with E-state index in [-0.39, 0.29) is 12.8 Å². The third kappa shape index (κ3) is 13.8. The Labute approximate surface area is 321 Å². The van der Waals surface area contributed by atoms with Gasteiger partial charge < -0.3 is 28.7 Å². The molecule has 0 bridgehead atoms. The summed E-state index contributed by atoms with van der Waals surface area (Å²) in [5.74, 6) is -1.13. The Balaban J connectivity index is 1.64. The van der Waals surface area contributed by atoms with Crippen molar-refractivity contribution in [2.45, 2.75) is 104 Å². The molecule has 0 fully saturated rings. The molecule has 0 aromatic heterocycles. The van der Waals surface area contributed by atoms with E-state index in [1.54, 1.807) is 26.8 Å². The van der Waals surface area contributed by atoms with Crippen LogP contribution in [0.2, 0.25) is 13.1 Å². The molecule has 0 aliphatic heterocycles. The summed E-state index contributed by atoms with van der Waals surface area (Å²) in [6.07, 6.45) is -0.720. The molecule has 0 radical (unpaired) electrons. The molecule has 0 spiro atoms. The van der Waals surface area contributed by atoms with E-state index in [4.69, 9.17) is 18.3 Å². The Morgan fingerprint density at radius 1 is 0.778 bits per heavy atom. The smallest absolute Gasteiger partial charge is 0.407 e. The van der Waals surface area contributed by atoms with Crippen molar-refractivity contribution in [3.63, 3.8) is 0 Å². The number of nitriles is 1. The Kier molecular flexibility index (Phi) is 14.2. The number of carboxylic acid groups (broad SMARTS) is 1. The van der Waals surface area contributed by atoms with E-state index in [2.05, 4.69) is 11.4 Å². The quantitative estimate of drug-likeness (QED) is 0.109. The number of aliphatic carboxylic acids is 1. The second-order valence-corrected chi connectivity index (χ2v) is 19.2. The second-order valence-electron chi connectivity index (χ2n) is 16.0. The fraction of sp³-hybridized carbons (Fsp3) is 0.386. The van der Waals surface area contributed by atoms with E-state index in [9.17, 15) is 20.0 Å². The van der Waals surface area contributed by atoms with Gasteiger partial charge in [-0.3, -0.25) is 4.79 Å². The molecular formula is C44H54N2O7Si. The zero-order valence-electron chi connectivity index (χ0n) is 32.7. The molecule has 0 heterocycles. The predicted octanol–water partition coefficient (Wildman–Crippen LogP) is 9.48. The van der Waals surface area contributed by atoms with Crippen LogP contribution in [0.15, 0.2) is 103 Å². The number of hydrogen-bond donors (Lipinski definition) is 2. The number of rotatable bonds is 16. The van der Waals surface area contributed by atoms with Crippen molar-refractivity contribution in [3.05, 3.63) is 125 Å². The number of nitrogens with zero attached hydrogens (tertiary/aromatic N) is 1. The third-order valence-electron chi connectivity index (χ3n) is 8.43. The van der Waals surface area contributed by atoms with Gasteiger partial charge in [-0.25, -0.2) is 4.79 Å². The van der Waals surface area contributed by atoms with Gasteiger partial charge in [-0.2, -0.15) is 5.26 Å². The maximum Gasteiger partial charge on any atom is 0.407 e. The fourth-order valence-electron chi connectivity index (χ4n) is 6.36. The van der Waals surface area contributed by atoms with Gasteiger partial charge in [0.15, 0.2) is 0 Å². The highest BCUT2D eigenvalue weighted by molar-refractivity contribution is 6.64. The van der Waals surface area contributed by atoms with Crippen molar-refractivity contribution in [1.82, 2.24) is 5.32 Å². The van der Waals surface area contributed by atoms with Gasteiger partial charge in [0, 0.05) is 0 Å². The Bertz CT molecular complexity index is 1860. The molecule has 4 aromatic carbocycles. The lowest BCUT2D eigenvalue weighted by atomic mass is 9.89. The molecule has 10 heteroatoms. The topological polar surface area (TPSA) is 127 Å². The summed E-state index contributed by atoms with van der Waals surface area (Å²) in [7, 11) is -2.91. The molecule has 0 unspecified atom stereocenters. The summed E-state index contributed by atoms with van der Waals surface area (Å²) in [6.45, 7) is 15.5. The number of carbonyl (C=O) groups is 2. The SMILES string of the molecule is CC(C)(C)OC(=O)N[C@@H](Cc1ccc(OCc2ccccc2)cc1)[C@H](C[C@@H](Cc1ccc(-c2ccccc2C#N)cc1)C(=O)O)O[Si](C)(C)OC(C)(C)C. The molecule has 2 N–H and O–H groups in total. The monoisotopic (exact) mass is 750 g/mol. The van der Waals surface area contributed by atoms with E-state index in [1.807, 2.05) is 131 Å². The van der Waals surface area contributed by atoms with E-state index in [0.29, 0.717) is 24.3 Å². The number of alkyl carbamates (subject to hydrolysis) is 1. The molecule has 0 saturated heterocycles. The zero-order chi connectivity index (χ0) is 39.5. The minimum atomic E-state index is -2.91. The third-order valence-corrected chi connectivity index (χ3v) is 10.4. The summed E-state index contributed by atoms with van der Waals surface area (Å²) in [4.78, 5) is 26.3. The minimum absolute atomic E-state index is 0.0943. The first-order valence-electron chi connectivity index (χ1n) is 18.3. The summed E-state index contributed by atoms with van der Waals surface area (Å²) >= 11 is 0. The van der Waals surface area contributed by atoms with Gasteiger partial charge in [-0.1, -0.05) is 84.9 Å². The maximum atomic E-state index is 13.4. The number of amides is 1. The van der Waals surface area contributed by atoms with Gasteiger partial charge in [0.05, 0.1) is 35.3 Å². The number of hydrogen-bond acceptors (Lipinski definition) is 7. The molecule has 4 rings (SSSR count). The highest BCUT2D eigenvalue weighted by Gasteiger charge is 2.39. The van der Waals surface area contributed by atoms with Gasteiger partial charge in [-0.15, -0.1) is 0 Å². The van der Waals surface area contributed by atoms with E-state index in [0.717, 1.165) is 27.8 Å². The molecule has 0 saturated carbocycles. The van der Waals surface area contributed by atoms with Crippen LogP contribution in [0.3, 0.4) is 0 Å². The summed E-state index contributed by atoms with van der Waals surface area (Å²) in [5.41, 5.74) is 3.76. The number of ether oxygens (including phenoxy) is 2. The number of nitrogens with one attached hydrogen (secondary N) is 1. The lowest BCUT2D eigenvalue weighted by Crippen LogP contribution is -2.54. The van der Waals surface area contributed by atoms with E-state index in [1.165, 1.54) is 0 Å². The van der Waals surface area contributed by atoms with Gasteiger partial charge in [0.2, 0.25) is 0 Å². The van der Waals surface area contributed by atoms with Crippen LogP contribution in [0.1, 0.15) is 70.2 Å². The molecule has 9 nitrogen and oxygen atoms in total. The van der Waals surface area contributed by atoms with E-state index < -0.39 is 49.9 Å². The van der Waals surface area contributed by atoms with Gasteiger partial charge >= 0.3 is 20.6 Å². The number of carboxylic acids is 1. The van der Waals surface area contributed by atoms with Gasteiger partial charge in [-0.05, 0) is 120 Å². The van der Waals surface area contributed by atoms with Crippen molar-refractivity contribution in [1.29, 1.82) is 5.26 Å². The minimum Gasteiger partial charge on any atom is -0.489 e. The first-order valence-corrected chi connectivity index (χ1v) is 21.2. The van der Waals surface area contributed by atoms with Crippen molar-refractivity contribution >= 4 is 20.6 Å². The Morgan fingerprint density at radius 2 is 1.37 bits per heavy atom. The maximum absolute atomic E-state index is 13.4. The fourth-order valence-corrected chi connectivity index (χ4v) is 8.87.